The number of methoxy groups -OCH3 is 2. The Morgan fingerprint density at radius 3 is 2.83 bits per heavy atom. The van der Waals surface area contributed by atoms with Gasteiger partial charge in [0, 0.05) is 29.9 Å². The van der Waals surface area contributed by atoms with Gasteiger partial charge in [-0.25, -0.2) is 9.97 Å². The molecule has 0 radical (unpaired) electrons. The summed E-state index contributed by atoms with van der Waals surface area (Å²) < 4.78 is 10.4. The van der Waals surface area contributed by atoms with Crippen LogP contribution in [-0.4, -0.2) is 52.4 Å². The van der Waals surface area contributed by atoms with Crippen molar-refractivity contribution in [3.63, 3.8) is 0 Å². The van der Waals surface area contributed by atoms with Crippen molar-refractivity contribution in [3.05, 3.63) is 24.5 Å². The van der Waals surface area contributed by atoms with E-state index in [0.29, 0.717) is 18.2 Å². The minimum absolute atomic E-state index is 0.0226. The maximum absolute atomic E-state index is 8.98. The number of nitrogens with zero attached hydrogens (tertiary/aromatic N) is 3. The van der Waals surface area contributed by atoms with Gasteiger partial charge < -0.3 is 24.9 Å². The predicted octanol–water partition coefficient (Wildman–Crippen LogP) is 1.44. The number of pyridine rings is 1. The molecule has 0 unspecified atom stereocenters. The molecule has 0 fully saturated rings. The van der Waals surface area contributed by atoms with E-state index in [-0.39, 0.29) is 12.6 Å². The highest BCUT2D eigenvalue weighted by atomic mass is 16.5. The van der Waals surface area contributed by atoms with Crippen LogP contribution in [0.1, 0.15) is 0 Å². The maximum Gasteiger partial charge on any atom is 0.319 e. The number of hydrogen-bond donors (Lipinski definition) is 3. The molecule has 8 nitrogen and oxygen atoms in total. The number of rotatable bonds is 6. The smallest absolute Gasteiger partial charge is 0.319 e. The number of ether oxygens (including phenoxy) is 2. The zero-order valence-electron chi connectivity index (χ0n) is 12.8. The number of H-pyrrole nitrogens is 1. The van der Waals surface area contributed by atoms with Gasteiger partial charge >= 0.3 is 6.01 Å². The fourth-order valence-electron chi connectivity index (χ4n) is 2.32. The number of aromatic nitrogens is 4. The van der Waals surface area contributed by atoms with Gasteiger partial charge in [0.2, 0.25) is 5.88 Å². The Hall–Kier alpha value is -2.87. The number of aliphatic hydroxyl groups excluding tert-OH is 1. The quantitative estimate of drug-likeness (QED) is 0.632. The summed E-state index contributed by atoms with van der Waals surface area (Å²) in [5.41, 5.74) is 2.32. The van der Waals surface area contributed by atoms with Crippen LogP contribution in [0.2, 0.25) is 0 Å². The molecular formula is C15H17N5O3. The van der Waals surface area contributed by atoms with Crippen molar-refractivity contribution in [2.75, 3.05) is 32.7 Å². The zero-order chi connectivity index (χ0) is 16.2. The van der Waals surface area contributed by atoms with Crippen molar-refractivity contribution in [1.29, 1.82) is 0 Å². The van der Waals surface area contributed by atoms with Crippen LogP contribution >= 0.6 is 0 Å². The lowest BCUT2D eigenvalue weighted by molar-refractivity contribution is 0.311. The summed E-state index contributed by atoms with van der Waals surface area (Å²) in [6, 6.07) is 4.04. The molecule has 3 rings (SSSR count). The van der Waals surface area contributed by atoms with Gasteiger partial charge in [0.05, 0.1) is 26.4 Å². The third-order valence-electron chi connectivity index (χ3n) is 3.34. The molecule has 3 heterocycles. The number of aromatic amines is 1. The van der Waals surface area contributed by atoms with Crippen molar-refractivity contribution in [2.24, 2.45) is 0 Å². The second kappa shape index (κ2) is 6.49. The molecule has 120 valence electrons. The number of nitrogens with one attached hydrogen (secondary N) is 2. The lowest BCUT2D eigenvalue weighted by atomic mass is 10.1. The summed E-state index contributed by atoms with van der Waals surface area (Å²) in [7, 11) is 3.05. The van der Waals surface area contributed by atoms with Crippen molar-refractivity contribution in [1.82, 2.24) is 19.9 Å². The Kier molecular flexibility index (Phi) is 4.24. The van der Waals surface area contributed by atoms with Crippen LogP contribution in [0.4, 0.5) is 5.82 Å². The monoisotopic (exact) mass is 315 g/mol. The van der Waals surface area contributed by atoms with E-state index in [0.717, 1.165) is 22.2 Å². The van der Waals surface area contributed by atoms with Gasteiger partial charge in [-0.3, -0.25) is 0 Å². The average Bonchev–Trinajstić information content (AvgIpc) is 3.07. The highest BCUT2D eigenvalue weighted by Crippen LogP contribution is 2.35. The summed E-state index contributed by atoms with van der Waals surface area (Å²) in [4.78, 5) is 15.9. The minimum atomic E-state index is 0.0226. The van der Waals surface area contributed by atoms with Gasteiger partial charge in [-0.2, -0.15) is 4.98 Å². The molecule has 8 heteroatoms. The third kappa shape index (κ3) is 2.88. The van der Waals surface area contributed by atoms with Crippen molar-refractivity contribution in [3.8, 4) is 23.0 Å². The van der Waals surface area contributed by atoms with Crippen LogP contribution in [0.5, 0.6) is 11.9 Å². The molecule has 3 aromatic rings. The van der Waals surface area contributed by atoms with Crippen LogP contribution in [0.25, 0.3) is 22.2 Å². The molecule has 0 aliphatic carbocycles. The van der Waals surface area contributed by atoms with E-state index in [2.05, 4.69) is 25.3 Å². The molecule has 0 atom stereocenters. The fraction of sp³-hybridized carbons (Fsp3) is 0.267. The second-order valence-corrected chi connectivity index (χ2v) is 4.73. The van der Waals surface area contributed by atoms with E-state index in [1.807, 2.05) is 18.3 Å². The maximum atomic E-state index is 8.98. The van der Waals surface area contributed by atoms with E-state index in [1.54, 1.807) is 13.3 Å². The van der Waals surface area contributed by atoms with Crippen LogP contribution < -0.4 is 14.8 Å². The fourth-order valence-corrected chi connectivity index (χ4v) is 2.32. The Balaban J connectivity index is 2.16. The topological polar surface area (TPSA) is 105 Å². The van der Waals surface area contributed by atoms with Crippen LogP contribution in [0, 0.1) is 0 Å². The molecular weight excluding hydrogens is 298 g/mol. The lowest BCUT2D eigenvalue weighted by Gasteiger charge is -2.11. The highest BCUT2D eigenvalue weighted by Gasteiger charge is 2.15. The summed E-state index contributed by atoms with van der Waals surface area (Å²) in [6.45, 7) is 0.434. The van der Waals surface area contributed by atoms with E-state index in [9.17, 15) is 0 Å². The Morgan fingerprint density at radius 1 is 1.22 bits per heavy atom. The van der Waals surface area contributed by atoms with E-state index >= 15 is 0 Å². The van der Waals surface area contributed by atoms with Gasteiger partial charge in [-0.05, 0) is 12.1 Å². The van der Waals surface area contributed by atoms with Gasteiger partial charge in [-0.1, -0.05) is 0 Å². The normalized spacial score (nSPS) is 10.7. The molecule has 0 spiro atoms. The molecule has 0 saturated carbocycles. The molecule has 0 aliphatic heterocycles. The van der Waals surface area contributed by atoms with Crippen LogP contribution in [0.15, 0.2) is 24.5 Å². The molecule has 0 aliphatic rings. The summed E-state index contributed by atoms with van der Waals surface area (Å²) in [6.07, 6.45) is 3.47. The lowest BCUT2D eigenvalue weighted by Crippen LogP contribution is -2.07. The van der Waals surface area contributed by atoms with E-state index in [4.69, 9.17) is 14.6 Å². The first-order valence-corrected chi connectivity index (χ1v) is 7.05. The standard InChI is InChI=1S/C15H17N5O3/c1-22-14-11(8-18-15(20-14)23-2)10-7-12(16-5-6-21)19-13-9(10)3-4-17-13/h3-4,7-8,21H,5-6H2,1-2H3,(H2,16,17,19). The van der Waals surface area contributed by atoms with Gasteiger partial charge in [0.25, 0.3) is 0 Å². The molecule has 23 heavy (non-hydrogen) atoms. The van der Waals surface area contributed by atoms with Gasteiger partial charge in [-0.15, -0.1) is 0 Å². The first-order valence-electron chi connectivity index (χ1n) is 7.05. The second-order valence-electron chi connectivity index (χ2n) is 4.73. The first kappa shape index (κ1) is 15.0. The van der Waals surface area contributed by atoms with Crippen LogP contribution in [0.3, 0.4) is 0 Å². The Morgan fingerprint density at radius 2 is 2.09 bits per heavy atom. The third-order valence-corrected chi connectivity index (χ3v) is 3.34. The zero-order valence-corrected chi connectivity index (χ0v) is 12.8. The predicted molar refractivity (Wildman–Crippen MR) is 85.8 cm³/mol. The first-order chi connectivity index (χ1) is 11.3. The minimum Gasteiger partial charge on any atom is -0.480 e. The molecule has 3 N–H and O–H groups in total. The molecule has 0 saturated heterocycles. The number of fused-ring (bicyclic) bond motifs is 1. The Labute approximate surface area is 132 Å². The highest BCUT2D eigenvalue weighted by molar-refractivity contribution is 5.95. The van der Waals surface area contributed by atoms with E-state index in [1.165, 1.54) is 7.11 Å². The largest absolute Gasteiger partial charge is 0.480 e. The number of aliphatic hydroxyl groups is 1. The van der Waals surface area contributed by atoms with Crippen LogP contribution in [-0.2, 0) is 0 Å². The summed E-state index contributed by atoms with van der Waals surface area (Å²) in [5, 5.41) is 13.0. The Bertz CT molecular complexity index is 818. The molecule has 0 amide bonds. The van der Waals surface area contributed by atoms with Gasteiger partial charge in [0.1, 0.15) is 11.5 Å². The van der Waals surface area contributed by atoms with Crippen molar-refractivity contribution >= 4 is 16.9 Å². The van der Waals surface area contributed by atoms with Crippen molar-refractivity contribution in [2.45, 2.75) is 0 Å². The van der Waals surface area contributed by atoms with Gasteiger partial charge in [0.15, 0.2) is 0 Å². The molecule has 3 aromatic heterocycles. The molecule has 0 bridgehead atoms. The average molecular weight is 315 g/mol. The number of hydrogen-bond acceptors (Lipinski definition) is 7. The summed E-state index contributed by atoms with van der Waals surface area (Å²) in [5.74, 6) is 1.06. The molecule has 0 aromatic carbocycles. The summed E-state index contributed by atoms with van der Waals surface area (Å²) >= 11 is 0. The van der Waals surface area contributed by atoms with Crippen molar-refractivity contribution < 1.29 is 14.6 Å². The SMILES string of the molecule is COc1ncc(-c2cc(NCCO)nc3[nH]ccc23)c(OC)n1. The van der Waals surface area contributed by atoms with E-state index < -0.39 is 0 Å². The number of anilines is 1.